The zero-order chi connectivity index (χ0) is 23.9. The molecule has 0 aromatic heterocycles. The number of esters is 1. The molecule has 0 N–H and O–H groups in total. The van der Waals surface area contributed by atoms with E-state index in [1.807, 2.05) is 30.3 Å². The summed E-state index contributed by atoms with van der Waals surface area (Å²) in [4.78, 5) is 19.5. The van der Waals surface area contributed by atoms with E-state index in [0.29, 0.717) is 18.4 Å². The molecule has 6 nitrogen and oxygen atoms in total. The van der Waals surface area contributed by atoms with Gasteiger partial charge in [0.2, 0.25) is 0 Å². The van der Waals surface area contributed by atoms with Crippen LogP contribution in [-0.2, 0) is 16.1 Å². The van der Waals surface area contributed by atoms with Gasteiger partial charge in [0.05, 0.1) is 19.9 Å². The first-order valence-electron chi connectivity index (χ1n) is 12.2. The van der Waals surface area contributed by atoms with Crippen molar-refractivity contribution in [3.8, 4) is 5.75 Å². The lowest BCUT2D eigenvalue weighted by Crippen LogP contribution is -2.56. The summed E-state index contributed by atoms with van der Waals surface area (Å²) in [5.74, 6) is 1.23. The van der Waals surface area contributed by atoms with Crippen molar-refractivity contribution < 1.29 is 14.3 Å². The largest absolute Gasteiger partial charge is 0.495 e. The molecule has 2 heterocycles. The lowest BCUT2D eigenvalue weighted by Gasteiger charge is -2.47. The maximum Gasteiger partial charge on any atom is 0.305 e. The monoisotopic (exact) mass is 485 g/mol. The minimum atomic E-state index is -0.122. The van der Waals surface area contributed by atoms with Crippen molar-refractivity contribution >= 4 is 23.3 Å². The summed E-state index contributed by atoms with van der Waals surface area (Å²) in [5.41, 5.74) is 2.33. The van der Waals surface area contributed by atoms with Gasteiger partial charge in [-0.15, -0.1) is 0 Å². The number of halogens is 1. The second-order valence-corrected chi connectivity index (χ2v) is 9.66. The molecule has 34 heavy (non-hydrogen) atoms. The molecule has 0 unspecified atom stereocenters. The number of hydrogen-bond donors (Lipinski definition) is 0. The second-order valence-electron chi connectivity index (χ2n) is 9.25. The van der Waals surface area contributed by atoms with Gasteiger partial charge in [-0.1, -0.05) is 41.9 Å². The summed E-state index contributed by atoms with van der Waals surface area (Å²) in [6.07, 6.45) is 2.42. The zero-order valence-corrected chi connectivity index (χ0v) is 21.0. The number of rotatable bonds is 8. The molecule has 2 atom stereocenters. The summed E-state index contributed by atoms with van der Waals surface area (Å²) in [6.45, 7) is 6.84. The van der Waals surface area contributed by atoms with Gasteiger partial charge in [0.1, 0.15) is 5.75 Å². The molecule has 2 fully saturated rings. The van der Waals surface area contributed by atoms with Crippen LogP contribution in [-0.4, -0.2) is 75.3 Å². The number of piperidine rings is 1. The van der Waals surface area contributed by atoms with E-state index in [4.69, 9.17) is 21.1 Å². The third-order valence-electron chi connectivity index (χ3n) is 7.29. The van der Waals surface area contributed by atoms with Crippen molar-refractivity contribution in [1.82, 2.24) is 9.80 Å². The Bertz CT molecular complexity index is 948. The van der Waals surface area contributed by atoms with Gasteiger partial charge < -0.3 is 14.4 Å². The van der Waals surface area contributed by atoms with Crippen molar-refractivity contribution in [3.05, 3.63) is 59.1 Å². The van der Waals surface area contributed by atoms with Crippen LogP contribution >= 0.6 is 11.6 Å². The predicted molar refractivity (Wildman–Crippen MR) is 137 cm³/mol. The SMILES string of the molecule is COC(=O)CC[C@H]1CN(Cc2ccccc2Cl)CC[C@H]1N1CCN(c2ccccc2OC)CC1. The molecule has 0 radical (unpaired) electrons. The molecule has 2 aromatic rings. The van der Waals surface area contributed by atoms with Crippen LogP contribution in [0.2, 0.25) is 5.02 Å². The van der Waals surface area contributed by atoms with Crippen LogP contribution in [0.1, 0.15) is 24.8 Å². The Kier molecular flexibility index (Phi) is 8.70. The average molecular weight is 486 g/mol. The molecule has 2 aliphatic rings. The molecular weight excluding hydrogens is 450 g/mol. The Hall–Kier alpha value is -2.28. The summed E-state index contributed by atoms with van der Waals surface area (Å²) in [5, 5.41) is 0.822. The molecule has 184 valence electrons. The standard InChI is InChI=1S/C27H36ClN3O3/c1-33-26-10-6-5-9-25(26)31-17-15-30(16-18-31)24-13-14-29(19-21-7-3-4-8-23(21)28)20-22(24)11-12-27(32)34-2/h3-10,22,24H,11-20H2,1-2H3/t22-,24+/m0/s1. The van der Waals surface area contributed by atoms with Gasteiger partial charge in [-0.2, -0.15) is 0 Å². The number of likely N-dealkylation sites (tertiary alicyclic amines) is 1. The minimum absolute atomic E-state index is 0.122. The number of benzene rings is 2. The maximum atomic E-state index is 11.9. The fourth-order valence-corrected chi connectivity index (χ4v) is 5.66. The van der Waals surface area contributed by atoms with Crippen molar-refractivity contribution in [2.75, 3.05) is 58.4 Å². The number of methoxy groups -OCH3 is 2. The minimum Gasteiger partial charge on any atom is -0.495 e. The van der Waals surface area contributed by atoms with Crippen LogP contribution < -0.4 is 9.64 Å². The van der Waals surface area contributed by atoms with Crippen LogP contribution in [0.3, 0.4) is 0 Å². The molecular formula is C27H36ClN3O3. The molecule has 0 saturated carbocycles. The van der Waals surface area contributed by atoms with Crippen LogP contribution in [0.25, 0.3) is 0 Å². The number of ether oxygens (including phenoxy) is 2. The van der Waals surface area contributed by atoms with Gasteiger partial charge in [0.25, 0.3) is 0 Å². The lowest BCUT2D eigenvalue weighted by molar-refractivity contribution is -0.141. The number of carbonyl (C=O) groups is 1. The Labute approximate surface area is 208 Å². The fraction of sp³-hybridized carbons (Fsp3) is 0.519. The molecule has 4 rings (SSSR count). The van der Waals surface area contributed by atoms with Crippen LogP contribution in [0.4, 0.5) is 5.69 Å². The molecule has 0 spiro atoms. The fourth-order valence-electron chi connectivity index (χ4n) is 5.46. The highest BCUT2D eigenvalue weighted by Gasteiger charge is 2.35. The van der Waals surface area contributed by atoms with Crippen molar-refractivity contribution in [1.29, 1.82) is 0 Å². The van der Waals surface area contributed by atoms with Gasteiger partial charge in [0.15, 0.2) is 0 Å². The third kappa shape index (κ3) is 6.04. The van der Waals surface area contributed by atoms with Crippen LogP contribution in [0.5, 0.6) is 5.75 Å². The quantitative estimate of drug-likeness (QED) is 0.519. The molecule has 0 aliphatic carbocycles. The van der Waals surface area contributed by atoms with Gasteiger partial charge in [0, 0.05) is 56.8 Å². The molecule has 0 amide bonds. The van der Waals surface area contributed by atoms with E-state index in [2.05, 4.69) is 32.9 Å². The van der Waals surface area contributed by atoms with Gasteiger partial charge in [-0.05, 0) is 49.1 Å². The van der Waals surface area contributed by atoms with Gasteiger partial charge >= 0.3 is 5.97 Å². The summed E-state index contributed by atoms with van der Waals surface area (Å²) >= 11 is 6.43. The number of para-hydroxylation sites is 2. The van der Waals surface area contributed by atoms with E-state index in [1.54, 1.807) is 7.11 Å². The van der Waals surface area contributed by atoms with Crippen LogP contribution in [0, 0.1) is 5.92 Å². The average Bonchev–Trinajstić information content (AvgIpc) is 2.89. The van der Waals surface area contributed by atoms with Gasteiger partial charge in [-0.25, -0.2) is 0 Å². The number of carbonyl (C=O) groups excluding carboxylic acids is 1. The van der Waals surface area contributed by atoms with Crippen molar-refractivity contribution in [2.45, 2.75) is 31.8 Å². The van der Waals surface area contributed by atoms with Gasteiger partial charge in [-0.3, -0.25) is 14.6 Å². The maximum absolute atomic E-state index is 11.9. The van der Waals surface area contributed by atoms with Crippen LogP contribution in [0.15, 0.2) is 48.5 Å². The second kappa shape index (κ2) is 11.9. The Morgan fingerprint density at radius 3 is 2.47 bits per heavy atom. The molecule has 0 bridgehead atoms. The van der Waals surface area contributed by atoms with E-state index < -0.39 is 0 Å². The Morgan fingerprint density at radius 2 is 1.74 bits per heavy atom. The van der Waals surface area contributed by atoms with E-state index in [9.17, 15) is 4.79 Å². The highest BCUT2D eigenvalue weighted by Crippen LogP contribution is 2.32. The predicted octanol–water partition coefficient (Wildman–Crippen LogP) is 4.31. The van der Waals surface area contributed by atoms with Crippen molar-refractivity contribution in [3.63, 3.8) is 0 Å². The van der Waals surface area contributed by atoms with E-state index in [-0.39, 0.29) is 5.97 Å². The number of anilines is 1. The van der Waals surface area contributed by atoms with E-state index in [1.165, 1.54) is 18.4 Å². The lowest BCUT2D eigenvalue weighted by atomic mass is 9.86. The first-order chi connectivity index (χ1) is 16.6. The molecule has 2 saturated heterocycles. The zero-order valence-electron chi connectivity index (χ0n) is 20.3. The topological polar surface area (TPSA) is 45.2 Å². The molecule has 2 aliphatic heterocycles. The first-order valence-corrected chi connectivity index (χ1v) is 12.6. The smallest absolute Gasteiger partial charge is 0.305 e. The summed E-state index contributed by atoms with van der Waals surface area (Å²) in [6, 6.07) is 16.8. The Balaban J connectivity index is 1.40. The van der Waals surface area contributed by atoms with Crippen molar-refractivity contribution in [2.24, 2.45) is 5.92 Å². The number of piperazine rings is 1. The number of nitrogens with zero attached hydrogens (tertiary/aromatic N) is 3. The first kappa shape index (κ1) is 24.8. The Morgan fingerprint density at radius 1 is 1.00 bits per heavy atom. The van der Waals surface area contributed by atoms with E-state index in [0.717, 1.165) is 69.4 Å². The summed E-state index contributed by atoms with van der Waals surface area (Å²) in [7, 11) is 3.21. The number of hydrogen-bond acceptors (Lipinski definition) is 6. The normalized spacial score (nSPS) is 21.9. The highest BCUT2D eigenvalue weighted by molar-refractivity contribution is 6.31. The summed E-state index contributed by atoms with van der Waals surface area (Å²) < 4.78 is 10.5. The molecule has 2 aromatic carbocycles. The third-order valence-corrected chi connectivity index (χ3v) is 7.65. The molecule has 7 heteroatoms. The highest BCUT2D eigenvalue weighted by atomic mass is 35.5. The van der Waals surface area contributed by atoms with E-state index >= 15 is 0 Å².